The monoisotopic (exact) mass is 285 g/mol. The van der Waals surface area contributed by atoms with Crippen LogP contribution < -0.4 is 5.69 Å². The number of aromatic nitrogens is 5. The first kappa shape index (κ1) is 13.3. The van der Waals surface area contributed by atoms with Gasteiger partial charge in [0.1, 0.15) is 0 Å². The topological polar surface area (TPSA) is 127 Å². The first-order valence-corrected chi connectivity index (χ1v) is 6.34. The van der Waals surface area contributed by atoms with Gasteiger partial charge in [-0.05, 0) is 0 Å². The van der Waals surface area contributed by atoms with Crippen molar-refractivity contribution >= 4 is 17.7 Å². The molecule has 0 spiro atoms. The zero-order valence-corrected chi connectivity index (χ0v) is 10.8. The summed E-state index contributed by atoms with van der Waals surface area (Å²) in [6.07, 6.45) is 0.400. The molecule has 0 saturated carbocycles. The summed E-state index contributed by atoms with van der Waals surface area (Å²) in [7, 11) is 0. The highest BCUT2D eigenvalue weighted by Gasteiger charge is 2.12. The lowest BCUT2D eigenvalue weighted by Crippen LogP contribution is -2.19. The first-order valence-electron chi connectivity index (χ1n) is 5.35. The summed E-state index contributed by atoms with van der Waals surface area (Å²) in [5, 5.41) is 18.7. The third-order valence-electron chi connectivity index (χ3n) is 2.18. The van der Waals surface area contributed by atoms with Crippen molar-refractivity contribution in [3.63, 3.8) is 0 Å². The van der Waals surface area contributed by atoms with Gasteiger partial charge in [0, 0.05) is 19.9 Å². The highest BCUT2D eigenvalue weighted by molar-refractivity contribution is 7.99. The summed E-state index contributed by atoms with van der Waals surface area (Å²) < 4.78 is 6.17. The van der Waals surface area contributed by atoms with Crippen molar-refractivity contribution in [2.24, 2.45) is 0 Å². The Bertz CT molecular complexity index is 631. The molecule has 2 N–H and O–H groups in total. The van der Waals surface area contributed by atoms with Gasteiger partial charge in [-0.1, -0.05) is 16.9 Å². The van der Waals surface area contributed by atoms with E-state index < -0.39 is 11.7 Å². The van der Waals surface area contributed by atoms with Gasteiger partial charge in [0.2, 0.25) is 5.89 Å². The predicted octanol–water partition coefficient (Wildman–Crippen LogP) is -0.318. The number of H-pyrrole nitrogens is 1. The minimum absolute atomic E-state index is 0.161. The Kier molecular flexibility index (Phi) is 4.00. The van der Waals surface area contributed by atoms with Crippen molar-refractivity contribution in [2.75, 3.05) is 5.75 Å². The molecule has 0 aromatic carbocycles. The van der Waals surface area contributed by atoms with Gasteiger partial charge in [0.05, 0.1) is 5.75 Å². The Morgan fingerprint density at radius 1 is 1.58 bits per heavy atom. The molecular formula is C9H11N5O4S. The molecular weight excluding hydrogens is 274 g/mol. The average molecular weight is 285 g/mol. The van der Waals surface area contributed by atoms with Crippen molar-refractivity contribution in [2.45, 2.75) is 25.0 Å². The molecule has 9 nitrogen and oxygen atoms in total. The summed E-state index contributed by atoms with van der Waals surface area (Å²) >= 11 is 0.973. The Labute approximate surface area is 111 Å². The molecule has 0 aliphatic rings. The lowest BCUT2D eigenvalue weighted by atomic mass is 10.4. The number of hydrogen-bond donors (Lipinski definition) is 2. The number of thioether (sulfide) groups is 1. The van der Waals surface area contributed by atoms with E-state index in [0.29, 0.717) is 29.8 Å². The van der Waals surface area contributed by atoms with E-state index in [1.165, 1.54) is 4.57 Å². The maximum atomic E-state index is 11.5. The molecule has 2 heterocycles. The molecule has 2 rings (SSSR count). The normalized spacial score (nSPS) is 10.8. The van der Waals surface area contributed by atoms with Gasteiger partial charge >= 0.3 is 11.7 Å². The van der Waals surface area contributed by atoms with Crippen molar-refractivity contribution in [3.8, 4) is 0 Å². The van der Waals surface area contributed by atoms with Gasteiger partial charge in [0.25, 0.3) is 0 Å². The number of hydrogen-bond acceptors (Lipinski definition) is 7. The van der Waals surface area contributed by atoms with Gasteiger partial charge in [-0.25, -0.2) is 9.89 Å². The molecule has 2 aromatic heterocycles. The van der Waals surface area contributed by atoms with E-state index in [1.54, 1.807) is 6.92 Å². The Balaban J connectivity index is 2.04. The van der Waals surface area contributed by atoms with Crippen molar-refractivity contribution in [1.82, 2.24) is 24.9 Å². The predicted molar refractivity (Wildman–Crippen MR) is 63.9 cm³/mol. The van der Waals surface area contributed by atoms with Crippen molar-refractivity contribution < 1.29 is 14.4 Å². The number of nitrogens with one attached hydrogen (secondary N) is 1. The number of carbonyl (C=O) groups is 1. The largest absolute Gasteiger partial charge is 0.481 e. The molecule has 10 heteroatoms. The van der Waals surface area contributed by atoms with E-state index in [0.717, 1.165) is 11.8 Å². The molecule has 102 valence electrons. The molecule has 0 aliphatic heterocycles. The number of aromatic amines is 1. The highest BCUT2D eigenvalue weighted by atomic mass is 32.2. The van der Waals surface area contributed by atoms with E-state index >= 15 is 0 Å². The van der Waals surface area contributed by atoms with Crippen LogP contribution in [0, 0.1) is 6.92 Å². The Hall–Kier alpha value is -2.10. The lowest BCUT2D eigenvalue weighted by molar-refractivity contribution is -0.133. The minimum Gasteiger partial charge on any atom is -0.481 e. The molecule has 0 saturated heterocycles. The first-order chi connectivity index (χ1) is 9.06. The SMILES string of the molecule is Cc1nc(CCn2c(SCC(=O)O)n[nH]c2=O)no1. The van der Waals surface area contributed by atoms with Crippen LogP contribution in [0.2, 0.25) is 0 Å². The summed E-state index contributed by atoms with van der Waals surface area (Å²) in [4.78, 5) is 26.0. The highest BCUT2D eigenvalue weighted by Crippen LogP contribution is 2.12. The molecule has 0 bridgehead atoms. The number of rotatable bonds is 6. The fraction of sp³-hybridized carbons (Fsp3) is 0.444. The van der Waals surface area contributed by atoms with Crippen LogP contribution in [-0.2, 0) is 17.8 Å². The van der Waals surface area contributed by atoms with Gasteiger partial charge in [-0.3, -0.25) is 9.36 Å². The third-order valence-corrected chi connectivity index (χ3v) is 3.14. The van der Waals surface area contributed by atoms with Gasteiger partial charge in [0.15, 0.2) is 11.0 Å². The molecule has 0 atom stereocenters. The van der Waals surface area contributed by atoms with E-state index in [4.69, 9.17) is 9.63 Å². The van der Waals surface area contributed by atoms with Gasteiger partial charge in [-0.2, -0.15) is 4.98 Å². The summed E-state index contributed by atoms with van der Waals surface area (Å²) in [6, 6.07) is 0. The lowest BCUT2D eigenvalue weighted by Gasteiger charge is -2.01. The zero-order chi connectivity index (χ0) is 13.8. The number of nitrogens with zero attached hydrogens (tertiary/aromatic N) is 4. The maximum absolute atomic E-state index is 11.5. The Morgan fingerprint density at radius 3 is 3.00 bits per heavy atom. The average Bonchev–Trinajstić information content (AvgIpc) is 2.91. The number of carboxylic acids is 1. The summed E-state index contributed by atoms with van der Waals surface area (Å²) in [5.41, 5.74) is -0.395. The summed E-state index contributed by atoms with van der Waals surface area (Å²) in [6.45, 7) is 1.98. The second-order valence-corrected chi connectivity index (χ2v) is 4.57. The Morgan fingerprint density at radius 2 is 2.37 bits per heavy atom. The molecule has 2 aromatic rings. The fourth-order valence-electron chi connectivity index (χ4n) is 1.39. The van der Waals surface area contributed by atoms with Crippen LogP contribution in [0.5, 0.6) is 0 Å². The van der Waals surface area contributed by atoms with Crippen LogP contribution >= 0.6 is 11.8 Å². The van der Waals surface area contributed by atoms with Crippen LogP contribution in [-0.4, -0.2) is 41.7 Å². The number of carboxylic acid groups (broad SMARTS) is 1. The number of aryl methyl sites for hydroxylation is 2. The molecule has 0 amide bonds. The van der Waals surface area contributed by atoms with Crippen molar-refractivity contribution in [3.05, 3.63) is 22.2 Å². The van der Waals surface area contributed by atoms with Gasteiger partial charge < -0.3 is 9.63 Å². The third kappa shape index (κ3) is 3.44. The van der Waals surface area contributed by atoms with Crippen LogP contribution in [0.15, 0.2) is 14.5 Å². The van der Waals surface area contributed by atoms with Crippen LogP contribution in [0.4, 0.5) is 0 Å². The second kappa shape index (κ2) is 5.69. The van der Waals surface area contributed by atoms with Gasteiger partial charge in [-0.15, -0.1) is 5.10 Å². The maximum Gasteiger partial charge on any atom is 0.343 e. The fourth-order valence-corrected chi connectivity index (χ4v) is 2.08. The van der Waals surface area contributed by atoms with E-state index in [-0.39, 0.29) is 5.75 Å². The minimum atomic E-state index is -0.971. The van der Waals surface area contributed by atoms with E-state index in [2.05, 4.69) is 20.3 Å². The standard InChI is InChI=1S/C9H11N5O4S/c1-5-10-6(13-18-5)2-3-14-8(17)11-12-9(14)19-4-7(15)16/h2-4H2,1H3,(H,11,17)(H,15,16). The second-order valence-electron chi connectivity index (χ2n) is 3.63. The zero-order valence-electron chi connectivity index (χ0n) is 9.99. The van der Waals surface area contributed by atoms with Crippen LogP contribution in [0.3, 0.4) is 0 Å². The molecule has 0 fully saturated rings. The summed E-state index contributed by atoms with van der Waals surface area (Å²) in [5.74, 6) is -0.193. The molecule has 19 heavy (non-hydrogen) atoms. The van der Waals surface area contributed by atoms with Crippen LogP contribution in [0.25, 0.3) is 0 Å². The molecule has 0 aliphatic carbocycles. The van der Waals surface area contributed by atoms with Crippen LogP contribution in [0.1, 0.15) is 11.7 Å². The molecule has 0 unspecified atom stereocenters. The van der Waals surface area contributed by atoms with E-state index in [9.17, 15) is 9.59 Å². The number of aliphatic carboxylic acids is 1. The van der Waals surface area contributed by atoms with E-state index in [1.807, 2.05) is 0 Å². The quantitative estimate of drug-likeness (QED) is 0.691. The smallest absolute Gasteiger partial charge is 0.343 e. The molecule has 0 radical (unpaired) electrons. The van der Waals surface area contributed by atoms with Crippen molar-refractivity contribution in [1.29, 1.82) is 0 Å².